The highest BCUT2D eigenvalue weighted by Gasteiger charge is 2.22. The second kappa shape index (κ2) is 8.62. The Bertz CT molecular complexity index is 371. The fourth-order valence-electron chi connectivity index (χ4n) is 2.36. The number of nitrogens with one attached hydrogen (secondary N) is 1. The first-order chi connectivity index (χ1) is 9.12. The van der Waals surface area contributed by atoms with E-state index in [1.54, 1.807) is 6.08 Å². The summed E-state index contributed by atoms with van der Waals surface area (Å²) in [5.41, 5.74) is 0.559. The van der Waals surface area contributed by atoms with E-state index in [2.05, 4.69) is 58.2 Å². The zero-order valence-electron chi connectivity index (χ0n) is 13.4. The second-order valence-electron chi connectivity index (χ2n) is 6.92. The van der Waals surface area contributed by atoms with Crippen LogP contribution in [0.1, 0.15) is 53.9 Å². The number of allylic oxidation sites excluding steroid dienone is 5. The molecule has 0 saturated heterocycles. The van der Waals surface area contributed by atoms with E-state index < -0.39 is 6.09 Å². The van der Waals surface area contributed by atoms with Crippen molar-refractivity contribution in [1.82, 2.24) is 5.32 Å². The van der Waals surface area contributed by atoms with Gasteiger partial charge in [-0.1, -0.05) is 65.0 Å². The van der Waals surface area contributed by atoms with Crippen molar-refractivity contribution in [1.29, 1.82) is 0 Å². The molecule has 0 aliphatic heterocycles. The molecule has 0 aliphatic rings. The van der Waals surface area contributed by atoms with Crippen molar-refractivity contribution in [3.63, 3.8) is 0 Å². The molecule has 0 saturated carbocycles. The predicted molar refractivity (Wildman–Crippen MR) is 85.7 cm³/mol. The van der Waals surface area contributed by atoms with Crippen molar-refractivity contribution in [3.8, 4) is 0 Å². The molecule has 3 heteroatoms. The van der Waals surface area contributed by atoms with E-state index >= 15 is 0 Å². The standard InChI is InChI=1S/C17H29NO2/c1-16(2,3)14-17(4,5)12-10-8-6-7-9-11-13-18-15(19)20/h6-7,10-13,18H,8-9,14H2,1-5H3,(H,19,20)/b7-6-,12-10-,13-11-. The van der Waals surface area contributed by atoms with Crippen LogP contribution in [0, 0.1) is 10.8 Å². The molecule has 1 amide bonds. The molecule has 0 aromatic carbocycles. The summed E-state index contributed by atoms with van der Waals surface area (Å²) in [4.78, 5) is 10.2. The number of carbonyl (C=O) groups is 1. The maximum absolute atomic E-state index is 10.2. The van der Waals surface area contributed by atoms with Crippen LogP contribution in [0.5, 0.6) is 0 Å². The van der Waals surface area contributed by atoms with Crippen molar-refractivity contribution in [2.24, 2.45) is 10.8 Å². The van der Waals surface area contributed by atoms with Crippen LogP contribution in [0.15, 0.2) is 36.6 Å². The number of amides is 1. The second-order valence-corrected chi connectivity index (χ2v) is 6.92. The van der Waals surface area contributed by atoms with Gasteiger partial charge < -0.3 is 5.11 Å². The molecule has 0 heterocycles. The lowest BCUT2D eigenvalue weighted by molar-refractivity contribution is 0.198. The van der Waals surface area contributed by atoms with E-state index in [0.29, 0.717) is 5.41 Å². The van der Waals surface area contributed by atoms with Gasteiger partial charge in [0.05, 0.1) is 0 Å². The molecule has 0 spiro atoms. The van der Waals surface area contributed by atoms with Crippen LogP contribution in [-0.4, -0.2) is 11.2 Å². The van der Waals surface area contributed by atoms with E-state index in [0.717, 1.165) is 19.3 Å². The SMILES string of the molecule is CC(C)(C)CC(C)(C)/C=C\C/C=C\C/C=C\NC(=O)O. The fraction of sp³-hybridized carbons (Fsp3) is 0.588. The Kier molecular flexibility index (Phi) is 7.97. The van der Waals surface area contributed by atoms with Gasteiger partial charge in [0, 0.05) is 6.20 Å². The van der Waals surface area contributed by atoms with Gasteiger partial charge in [-0.05, 0) is 30.1 Å². The van der Waals surface area contributed by atoms with Crippen LogP contribution in [-0.2, 0) is 0 Å². The van der Waals surface area contributed by atoms with Crippen molar-refractivity contribution >= 4 is 6.09 Å². The molecule has 2 N–H and O–H groups in total. The van der Waals surface area contributed by atoms with Crippen molar-refractivity contribution in [2.75, 3.05) is 0 Å². The van der Waals surface area contributed by atoms with Gasteiger partial charge in [0.25, 0.3) is 0 Å². The Morgan fingerprint density at radius 2 is 1.55 bits per heavy atom. The minimum atomic E-state index is -1.03. The minimum Gasteiger partial charge on any atom is -0.465 e. The van der Waals surface area contributed by atoms with Crippen LogP contribution in [0.4, 0.5) is 4.79 Å². The third-order valence-corrected chi connectivity index (χ3v) is 2.59. The predicted octanol–water partition coefficient (Wildman–Crippen LogP) is 5.12. The Hall–Kier alpha value is -1.51. The molecule has 114 valence electrons. The molecule has 0 fully saturated rings. The highest BCUT2D eigenvalue weighted by Crippen LogP contribution is 2.34. The molecule has 0 aliphatic carbocycles. The molecule has 3 nitrogen and oxygen atoms in total. The molecule has 20 heavy (non-hydrogen) atoms. The Morgan fingerprint density at radius 1 is 1.00 bits per heavy atom. The number of carboxylic acid groups (broad SMARTS) is 1. The normalized spacial score (nSPS) is 13.7. The van der Waals surface area contributed by atoms with Crippen LogP contribution in [0.25, 0.3) is 0 Å². The molecule has 0 radical (unpaired) electrons. The third-order valence-electron chi connectivity index (χ3n) is 2.59. The van der Waals surface area contributed by atoms with Crippen molar-refractivity contribution < 1.29 is 9.90 Å². The quantitative estimate of drug-likeness (QED) is 0.635. The van der Waals surface area contributed by atoms with Crippen LogP contribution in [0.3, 0.4) is 0 Å². The summed E-state index contributed by atoms with van der Waals surface area (Å²) < 4.78 is 0. The summed E-state index contributed by atoms with van der Waals surface area (Å²) in [6.45, 7) is 11.3. The topological polar surface area (TPSA) is 49.3 Å². The van der Waals surface area contributed by atoms with Gasteiger partial charge in [0.15, 0.2) is 0 Å². The average Bonchev–Trinajstić information content (AvgIpc) is 2.22. The van der Waals surface area contributed by atoms with Gasteiger partial charge >= 0.3 is 6.09 Å². The molecule has 0 aromatic rings. The maximum atomic E-state index is 10.2. The largest absolute Gasteiger partial charge is 0.465 e. The third kappa shape index (κ3) is 12.9. The van der Waals surface area contributed by atoms with E-state index in [1.807, 2.05) is 6.08 Å². The number of rotatable bonds is 7. The molecule has 0 aromatic heterocycles. The molecular formula is C17H29NO2. The lowest BCUT2D eigenvalue weighted by atomic mass is 9.76. The molecule has 0 bridgehead atoms. The minimum absolute atomic E-state index is 0.220. The van der Waals surface area contributed by atoms with E-state index in [4.69, 9.17) is 5.11 Å². The first-order valence-corrected chi connectivity index (χ1v) is 7.10. The van der Waals surface area contributed by atoms with Crippen LogP contribution in [0.2, 0.25) is 0 Å². The Balaban J connectivity index is 3.96. The van der Waals surface area contributed by atoms with Crippen molar-refractivity contribution in [3.05, 3.63) is 36.6 Å². The molecule has 0 atom stereocenters. The van der Waals surface area contributed by atoms with E-state index in [9.17, 15) is 4.79 Å². The van der Waals surface area contributed by atoms with Gasteiger partial charge in [-0.3, -0.25) is 5.32 Å². The zero-order chi connectivity index (χ0) is 15.6. The lowest BCUT2D eigenvalue weighted by Crippen LogP contribution is -2.18. The van der Waals surface area contributed by atoms with Crippen molar-refractivity contribution in [2.45, 2.75) is 53.9 Å². The summed E-state index contributed by atoms with van der Waals surface area (Å²) in [7, 11) is 0. The summed E-state index contributed by atoms with van der Waals surface area (Å²) in [5, 5.41) is 10.5. The maximum Gasteiger partial charge on any atom is 0.408 e. The summed E-state index contributed by atoms with van der Waals surface area (Å²) in [6, 6.07) is 0. The number of hydrogen-bond donors (Lipinski definition) is 2. The van der Waals surface area contributed by atoms with E-state index in [-0.39, 0.29) is 5.41 Å². The summed E-state index contributed by atoms with van der Waals surface area (Å²) >= 11 is 0. The van der Waals surface area contributed by atoms with Crippen LogP contribution >= 0.6 is 0 Å². The van der Waals surface area contributed by atoms with Gasteiger partial charge in [-0.2, -0.15) is 0 Å². The van der Waals surface area contributed by atoms with Gasteiger partial charge in [-0.15, -0.1) is 0 Å². The summed E-state index contributed by atoms with van der Waals surface area (Å²) in [6.07, 6.45) is 13.6. The first kappa shape index (κ1) is 18.5. The molecular weight excluding hydrogens is 250 g/mol. The fourth-order valence-corrected chi connectivity index (χ4v) is 2.36. The zero-order valence-corrected chi connectivity index (χ0v) is 13.4. The molecule has 0 unspecified atom stereocenters. The van der Waals surface area contributed by atoms with Gasteiger partial charge in [0.1, 0.15) is 0 Å². The summed E-state index contributed by atoms with van der Waals surface area (Å²) in [5.74, 6) is 0. The first-order valence-electron chi connectivity index (χ1n) is 7.10. The lowest BCUT2D eigenvalue weighted by Gasteiger charge is -2.29. The Labute approximate surface area is 123 Å². The van der Waals surface area contributed by atoms with E-state index in [1.165, 1.54) is 6.20 Å². The highest BCUT2D eigenvalue weighted by atomic mass is 16.4. The highest BCUT2D eigenvalue weighted by molar-refractivity contribution is 5.65. The average molecular weight is 279 g/mol. The van der Waals surface area contributed by atoms with Gasteiger partial charge in [-0.25, -0.2) is 4.79 Å². The number of hydrogen-bond acceptors (Lipinski definition) is 1. The molecule has 0 rings (SSSR count). The van der Waals surface area contributed by atoms with Gasteiger partial charge in [0.2, 0.25) is 0 Å². The Morgan fingerprint density at radius 3 is 2.05 bits per heavy atom. The van der Waals surface area contributed by atoms with Crippen LogP contribution < -0.4 is 5.32 Å². The smallest absolute Gasteiger partial charge is 0.408 e. The monoisotopic (exact) mass is 279 g/mol.